The van der Waals surface area contributed by atoms with E-state index in [0.29, 0.717) is 11.3 Å². The molecule has 0 radical (unpaired) electrons. The van der Waals surface area contributed by atoms with Gasteiger partial charge in [0.25, 0.3) is 0 Å². The van der Waals surface area contributed by atoms with Gasteiger partial charge in [0.15, 0.2) is 0 Å². The van der Waals surface area contributed by atoms with E-state index in [2.05, 4.69) is 17.2 Å². The number of hydrogen-bond acceptors (Lipinski definition) is 3. The molecule has 0 aliphatic heterocycles. The van der Waals surface area contributed by atoms with Gasteiger partial charge in [-0.1, -0.05) is 13.3 Å². The van der Waals surface area contributed by atoms with Crippen LogP contribution in [0.25, 0.3) is 0 Å². The van der Waals surface area contributed by atoms with E-state index in [9.17, 15) is 0 Å². The number of nitrogens with one attached hydrogen (secondary N) is 1. The van der Waals surface area contributed by atoms with Crippen molar-refractivity contribution in [3.05, 3.63) is 18.3 Å². The second-order valence-electron chi connectivity index (χ2n) is 4.69. The van der Waals surface area contributed by atoms with E-state index >= 15 is 0 Å². The number of methoxy groups -OCH3 is 1. The van der Waals surface area contributed by atoms with Crippen LogP contribution in [-0.2, 0) is 0 Å². The van der Waals surface area contributed by atoms with Gasteiger partial charge >= 0.3 is 0 Å². The minimum Gasteiger partial charge on any atom is -0.481 e. The highest BCUT2D eigenvalue weighted by Gasteiger charge is 2.40. The van der Waals surface area contributed by atoms with Crippen molar-refractivity contribution in [2.24, 2.45) is 5.41 Å². The monoisotopic (exact) mass is 220 g/mol. The van der Waals surface area contributed by atoms with Crippen molar-refractivity contribution in [2.45, 2.75) is 32.6 Å². The van der Waals surface area contributed by atoms with Gasteiger partial charge in [0.2, 0.25) is 5.88 Å². The van der Waals surface area contributed by atoms with Crippen LogP contribution in [0.15, 0.2) is 18.3 Å². The third-order valence-corrected chi connectivity index (χ3v) is 3.35. The summed E-state index contributed by atoms with van der Waals surface area (Å²) < 4.78 is 5.10. The lowest BCUT2D eigenvalue weighted by atomic mass is 10.0. The van der Waals surface area contributed by atoms with Crippen molar-refractivity contribution in [1.82, 2.24) is 4.98 Å². The fourth-order valence-electron chi connectivity index (χ4n) is 2.14. The molecule has 0 atom stereocenters. The molecule has 1 N–H and O–H groups in total. The third-order valence-electron chi connectivity index (χ3n) is 3.35. The first-order valence-electron chi connectivity index (χ1n) is 6.02. The highest BCUT2D eigenvalue weighted by atomic mass is 16.5. The van der Waals surface area contributed by atoms with Crippen LogP contribution in [0.5, 0.6) is 5.88 Å². The number of hydrogen-bond donors (Lipinski definition) is 1. The van der Waals surface area contributed by atoms with Crippen molar-refractivity contribution in [2.75, 3.05) is 19.0 Å². The van der Waals surface area contributed by atoms with Crippen LogP contribution in [0.1, 0.15) is 32.6 Å². The molecule has 3 heteroatoms. The van der Waals surface area contributed by atoms with Crippen molar-refractivity contribution in [3.8, 4) is 5.88 Å². The number of pyridine rings is 1. The summed E-state index contributed by atoms with van der Waals surface area (Å²) in [6.45, 7) is 3.34. The maximum atomic E-state index is 5.10. The molecule has 0 unspecified atom stereocenters. The number of rotatable bonds is 6. The molecule has 0 amide bonds. The fourth-order valence-corrected chi connectivity index (χ4v) is 2.14. The fraction of sp³-hybridized carbons (Fsp3) is 0.615. The van der Waals surface area contributed by atoms with Crippen LogP contribution in [0, 0.1) is 5.41 Å². The third kappa shape index (κ3) is 2.65. The Balaban J connectivity index is 1.89. The van der Waals surface area contributed by atoms with E-state index in [1.165, 1.54) is 25.7 Å². The molecular formula is C13H20N2O. The molecule has 1 fully saturated rings. The largest absolute Gasteiger partial charge is 0.481 e. The van der Waals surface area contributed by atoms with E-state index in [4.69, 9.17) is 4.74 Å². The van der Waals surface area contributed by atoms with E-state index in [1.54, 1.807) is 13.3 Å². The molecule has 0 saturated heterocycles. The van der Waals surface area contributed by atoms with E-state index in [1.807, 2.05) is 12.1 Å². The molecule has 0 bridgehead atoms. The summed E-state index contributed by atoms with van der Waals surface area (Å²) in [6.07, 6.45) is 7.14. The Labute approximate surface area is 97.2 Å². The van der Waals surface area contributed by atoms with Crippen LogP contribution in [-0.4, -0.2) is 18.6 Å². The summed E-state index contributed by atoms with van der Waals surface area (Å²) in [5.41, 5.74) is 1.68. The Bertz CT molecular complexity index is 348. The molecule has 2 rings (SSSR count). The summed E-state index contributed by atoms with van der Waals surface area (Å²) >= 11 is 0. The van der Waals surface area contributed by atoms with Crippen LogP contribution in [0.4, 0.5) is 5.69 Å². The maximum Gasteiger partial charge on any atom is 0.214 e. The topological polar surface area (TPSA) is 34.2 Å². The van der Waals surface area contributed by atoms with Gasteiger partial charge in [0.05, 0.1) is 7.11 Å². The molecule has 16 heavy (non-hydrogen) atoms. The van der Waals surface area contributed by atoms with Gasteiger partial charge in [-0.2, -0.15) is 0 Å². The Kier molecular flexibility index (Phi) is 3.32. The number of anilines is 1. The molecule has 0 aromatic carbocycles. The maximum absolute atomic E-state index is 5.10. The Morgan fingerprint density at radius 3 is 2.94 bits per heavy atom. The Morgan fingerprint density at radius 1 is 1.50 bits per heavy atom. The zero-order valence-electron chi connectivity index (χ0n) is 10.1. The number of nitrogens with zero attached hydrogens (tertiary/aromatic N) is 1. The molecule has 0 spiro atoms. The van der Waals surface area contributed by atoms with Gasteiger partial charge in [0.1, 0.15) is 0 Å². The van der Waals surface area contributed by atoms with Gasteiger partial charge in [-0.05, 0) is 30.7 Å². The number of aromatic nitrogens is 1. The highest BCUT2D eigenvalue weighted by molar-refractivity contribution is 5.45. The minimum absolute atomic E-state index is 0.575. The quantitative estimate of drug-likeness (QED) is 0.800. The molecule has 1 aromatic heterocycles. The summed E-state index contributed by atoms with van der Waals surface area (Å²) in [4.78, 5) is 4.09. The van der Waals surface area contributed by atoms with E-state index < -0.39 is 0 Å². The van der Waals surface area contributed by atoms with Crippen molar-refractivity contribution in [3.63, 3.8) is 0 Å². The summed E-state index contributed by atoms with van der Waals surface area (Å²) in [5.74, 6) is 0.672. The standard InChI is InChI=1S/C13H20N2O/c1-3-5-13(6-7-13)10-15-11-4-8-14-12(9-11)16-2/h4,8-9H,3,5-7,10H2,1-2H3,(H,14,15). The second kappa shape index (κ2) is 4.73. The average Bonchev–Trinajstić information content (AvgIpc) is 3.08. The van der Waals surface area contributed by atoms with Crippen LogP contribution in [0.3, 0.4) is 0 Å². The van der Waals surface area contributed by atoms with Gasteiger partial charge < -0.3 is 10.1 Å². The number of ether oxygens (including phenoxy) is 1. The van der Waals surface area contributed by atoms with Gasteiger partial charge in [-0.15, -0.1) is 0 Å². The first kappa shape index (κ1) is 11.2. The smallest absolute Gasteiger partial charge is 0.214 e. The predicted molar refractivity (Wildman–Crippen MR) is 65.9 cm³/mol. The zero-order chi connectivity index (χ0) is 11.4. The SMILES string of the molecule is CCCC1(CNc2ccnc(OC)c2)CC1. The van der Waals surface area contributed by atoms with E-state index in [0.717, 1.165) is 12.2 Å². The minimum atomic E-state index is 0.575. The molecule has 1 heterocycles. The predicted octanol–water partition coefficient (Wildman–Crippen LogP) is 3.08. The lowest BCUT2D eigenvalue weighted by Gasteiger charge is -2.15. The van der Waals surface area contributed by atoms with Crippen molar-refractivity contribution < 1.29 is 4.74 Å². The van der Waals surface area contributed by atoms with Crippen molar-refractivity contribution in [1.29, 1.82) is 0 Å². The Hall–Kier alpha value is -1.25. The average molecular weight is 220 g/mol. The lowest BCUT2D eigenvalue weighted by molar-refractivity contribution is 0.398. The first-order chi connectivity index (χ1) is 7.78. The van der Waals surface area contributed by atoms with Crippen LogP contribution >= 0.6 is 0 Å². The molecule has 1 aliphatic rings. The van der Waals surface area contributed by atoms with Gasteiger partial charge in [-0.25, -0.2) is 4.98 Å². The Morgan fingerprint density at radius 2 is 2.31 bits per heavy atom. The summed E-state index contributed by atoms with van der Waals surface area (Å²) in [6, 6.07) is 3.94. The van der Waals surface area contributed by atoms with Crippen molar-refractivity contribution >= 4 is 5.69 Å². The molecular weight excluding hydrogens is 200 g/mol. The van der Waals surface area contributed by atoms with Gasteiger partial charge in [-0.3, -0.25) is 0 Å². The molecule has 88 valence electrons. The second-order valence-corrected chi connectivity index (χ2v) is 4.69. The lowest BCUT2D eigenvalue weighted by Crippen LogP contribution is -2.15. The molecule has 3 nitrogen and oxygen atoms in total. The summed E-state index contributed by atoms with van der Waals surface area (Å²) in [7, 11) is 1.64. The molecule has 1 saturated carbocycles. The first-order valence-corrected chi connectivity index (χ1v) is 6.02. The van der Waals surface area contributed by atoms with Gasteiger partial charge in [0, 0.05) is 24.5 Å². The normalized spacial score (nSPS) is 16.9. The highest BCUT2D eigenvalue weighted by Crippen LogP contribution is 2.49. The van der Waals surface area contributed by atoms with E-state index in [-0.39, 0.29) is 0 Å². The summed E-state index contributed by atoms with van der Waals surface area (Å²) in [5, 5.41) is 3.49. The molecule has 1 aliphatic carbocycles. The molecule has 1 aromatic rings. The van der Waals surface area contributed by atoms with Crippen LogP contribution in [0.2, 0.25) is 0 Å². The van der Waals surface area contributed by atoms with Crippen LogP contribution < -0.4 is 10.1 Å². The zero-order valence-corrected chi connectivity index (χ0v) is 10.1.